The average Bonchev–Trinajstić information content (AvgIpc) is 2.63. The Labute approximate surface area is 121 Å². The minimum atomic E-state index is -1.11. The third kappa shape index (κ3) is 2.48. The largest absolute Gasteiger partial charge is 0.477 e. The predicted octanol–water partition coefficient (Wildman–Crippen LogP) is 0.488. The summed E-state index contributed by atoms with van der Waals surface area (Å²) in [5.74, 6) is -1.92. The van der Waals surface area contributed by atoms with Crippen molar-refractivity contribution in [2.45, 2.75) is 38.5 Å². The van der Waals surface area contributed by atoms with Gasteiger partial charge in [-0.3, -0.25) is 4.79 Å². The number of nitrogens with zero attached hydrogens (tertiary/aromatic N) is 1. The van der Waals surface area contributed by atoms with Crippen molar-refractivity contribution in [3.63, 3.8) is 0 Å². The normalized spacial score (nSPS) is 28.6. The van der Waals surface area contributed by atoms with Gasteiger partial charge in [-0.2, -0.15) is 0 Å². The second-order valence-corrected chi connectivity index (χ2v) is 6.13. The van der Waals surface area contributed by atoms with Crippen molar-refractivity contribution in [3.8, 4) is 0 Å². The molecule has 0 spiro atoms. The number of carbonyl (C=O) groups is 2. The summed E-state index contributed by atoms with van der Waals surface area (Å²) in [6.07, 6.45) is 1.47. The van der Waals surface area contributed by atoms with E-state index in [-0.39, 0.29) is 23.7 Å². The second-order valence-electron chi connectivity index (χ2n) is 5.13. The van der Waals surface area contributed by atoms with Gasteiger partial charge in [-0.1, -0.05) is 6.08 Å². The molecule has 0 bridgehead atoms. The van der Waals surface area contributed by atoms with Crippen LogP contribution in [-0.2, 0) is 9.59 Å². The van der Waals surface area contributed by atoms with Gasteiger partial charge in [0.25, 0.3) is 0 Å². The first kappa shape index (κ1) is 15.1. The first-order chi connectivity index (χ1) is 9.34. The molecule has 2 aliphatic rings. The highest BCUT2D eigenvalue weighted by molar-refractivity contribution is 8.05. The standard InChI is InChI=1S/C13H18N2O4S/c1-6(14)3-4-20-9-5-8-10(7(2)16)12(17)15(8)11(9)13(18)19/h3-4,6-8,10,16H,5,14H2,1-2H3,(H,18,19)/b4-3+/t6?,7-,8-,10-/m1/s1. The van der Waals surface area contributed by atoms with E-state index in [2.05, 4.69) is 0 Å². The van der Waals surface area contributed by atoms with E-state index in [1.54, 1.807) is 18.4 Å². The van der Waals surface area contributed by atoms with Crippen molar-refractivity contribution < 1.29 is 19.8 Å². The van der Waals surface area contributed by atoms with Crippen molar-refractivity contribution in [1.82, 2.24) is 4.90 Å². The fourth-order valence-corrected chi connectivity index (χ4v) is 3.64. The molecule has 6 nitrogen and oxygen atoms in total. The number of thioether (sulfide) groups is 1. The van der Waals surface area contributed by atoms with Crippen LogP contribution in [0.15, 0.2) is 22.1 Å². The smallest absolute Gasteiger partial charge is 0.353 e. The van der Waals surface area contributed by atoms with Crippen molar-refractivity contribution >= 4 is 23.6 Å². The molecule has 0 aromatic rings. The van der Waals surface area contributed by atoms with Crippen LogP contribution < -0.4 is 5.73 Å². The van der Waals surface area contributed by atoms with E-state index in [1.807, 2.05) is 6.92 Å². The number of rotatable bonds is 5. The molecule has 0 radical (unpaired) electrons. The van der Waals surface area contributed by atoms with Crippen LogP contribution in [0.1, 0.15) is 20.3 Å². The lowest BCUT2D eigenvalue weighted by molar-refractivity contribution is -0.161. The maximum absolute atomic E-state index is 11.9. The molecular formula is C13H18N2O4S. The van der Waals surface area contributed by atoms with Gasteiger partial charge in [0.15, 0.2) is 0 Å². The summed E-state index contributed by atoms with van der Waals surface area (Å²) in [5, 5.41) is 20.6. The number of nitrogens with two attached hydrogens (primary N) is 1. The van der Waals surface area contributed by atoms with Crippen LogP contribution in [0.25, 0.3) is 0 Å². The summed E-state index contributed by atoms with van der Waals surface area (Å²) in [4.78, 5) is 25.2. The van der Waals surface area contributed by atoms with E-state index in [1.165, 1.54) is 16.7 Å². The number of aliphatic hydroxyl groups excluding tert-OH is 1. The molecule has 0 aliphatic carbocycles. The average molecular weight is 298 g/mol. The maximum atomic E-state index is 11.9. The summed E-state index contributed by atoms with van der Waals surface area (Å²) in [6.45, 7) is 3.37. The summed E-state index contributed by atoms with van der Waals surface area (Å²) >= 11 is 1.27. The van der Waals surface area contributed by atoms with Gasteiger partial charge in [-0.25, -0.2) is 4.79 Å². The van der Waals surface area contributed by atoms with E-state index < -0.39 is 18.0 Å². The Morgan fingerprint density at radius 2 is 2.20 bits per heavy atom. The Balaban J connectivity index is 2.19. The van der Waals surface area contributed by atoms with E-state index in [9.17, 15) is 19.8 Å². The first-order valence-electron chi connectivity index (χ1n) is 6.41. The van der Waals surface area contributed by atoms with Crippen molar-refractivity contribution in [2.75, 3.05) is 0 Å². The highest BCUT2D eigenvalue weighted by Crippen LogP contribution is 2.47. The number of amides is 1. The molecule has 2 rings (SSSR count). The number of hydrogen-bond acceptors (Lipinski definition) is 5. The Kier molecular flexibility index (Phi) is 4.22. The monoisotopic (exact) mass is 298 g/mol. The molecule has 2 aliphatic heterocycles. The molecule has 1 saturated heterocycles. The number of carboxylic acid groups (broad SMARTS) is 1. The molecule has 2 heterocycles. The number of aliphatic carboxylic acids is 1. The van der Waals surface area contributed by atoms with Crippen LogP contribution in [0, 0.1) is 5.92 Å². The van der Waals surface area contributed by atoms with Gasteiger partial charge >= 0.3 is 5.97 Å². The van der Waals surface area contributed by atoms with Crippen molar-refractivity contribution in [1.29, 1.82) is 0 Å². The van der Waals surface area contributed by atoms with Gasteiger partial charge in [0.2, 0.25) is 5.91 Å². The van der Waals surface area contributed by atoms with Gasteiger partial charge in [0, 0.05) is 17.4 Å². The minimum Gasteiger partial charge on any atom is -0.477 e. The topological polar surface area (TPSA) is 104 Å². The molecule has 110 valence electrons. The zero-order chi connectivity index (χ0) is 15.0. The SMILES string of the molecule is CC(N)/C=C/SC1=C(C(=O)O)N2C(=O)[C@H]([C@@H](C)O)[C@H]2C1. The molecule has 4 N–H and O–H groups in total. The zero-order valence-corrected chi connectivity index (χ0v) is 12.1. The highest BCUT2D eigenvalue weighted by atomic mass is 32.2. The first-order valence-corrected chi connectivity index (χ1v) is 7.29. The van der Waals surface area contributed by atoms with Crippen LogP contribution in [-0.4, -0.2) is 45.2 Å². The molecule has 1 unspecified atom stereocenters. The number of hydrogen-bond donors (Lipinski definition) is 3. The molecular weight excluding hydrogens is 280 g/mol. The summed E-state index contributed by atoms with van der Waals surface area (Å²) in [6, 6.07) is -0.346. The van der Waals surface area contributed by atoms with Crippen molar-refractivity contribution in [2.24, 2.45) is 11.7 Å². The fraction of sp³-hybridized carbons (Fsp3) is 0.538. The van der Waals surface area contributed by atoms with Crippen LogP contribution in [0.5, 0.6) is 0 Å². The van der Waals surface area contributed by atoms with Gasteiger partial charge < -0.3 is 20.8 Å². The summed E-state index contributed by atoms with van der Waals surface area (Å²) in [7, 11) is 0. The second kappa shape index (κ2) is 5.59. The maximum Gasteiger partial charge on any atom is 0.353 e. The summed E-state index contributed by atoms with van der Waals surface area (Å²) < 4.78 is 0. The van der Waals surface area contributed by atoms with E-state index in [4.69, 9.17) is 5.73 Å². The number of carboxylic acids is 1. The summed E-state index contributed by atoms with van der Waals surface area (Å²) in [5.41, 5.74) is 5.63. The van der Waals surface area contributed by atoms with Gasteiger partial charge in [-0.15, -0.1) is 11.8 Å². The Hall–Kier alpha value is -1.31. The zero-order valence-electron chi connectivity index (χ0n) is 11.3. The van der Waals surface area contributed by atoms with E-state index in [0.717, 1.165) is 0 Å². The van der Waals surface area contributed by atoms with E-state index >= 15 is 0 Å². The van der Waals surface area contributed by atoms with E-state index in [0.29, 0.717) is 11.3 Å². The Bertz CT molecular complexity index is 499. The number of fused-ring (bicyclic) bond motifs is 1. The lowest BCUT2D eigenvalue weighted by atomic mass is 9.83. The molecule has 1 fully saturated rings. The third-order valence-corrected chi connectivity index (χ3v) is 4.42. The van der Waals surface area contributed by atoms with Crippen LogP contribution >= 0.6 is 11.8 Å². The third-order valence-electron chi connectivity index (χ3n) is 3.48. The van der Waals surface area contributed by atoms with Gasteiger partial charge in [0.1, 0.15) is 5.70 Å². The Morgan fingerprint density at radius 1 is 1.55 bits per heavy atom. The molecule has 0 aromatic heterocycles. The molecule has 4 atom stereocenters. The minimum absolute atomic E-state index is 0.0382. The molecule has 0 saturated carbocycles. The lowest BCUT2D eigenvalue weighted by Gasteiger charge is -2.44. The molecule has 0 aromatic carbocycles. The van der Waals surface area contributed by atoms with Gasteiger partial charge in [-0.05, 0) is 19.3 Å². The van der Waals surface area contributed by atoms with Crippen molar-refractivity contribution in [3.05, 3.63) is 22.1 Å². The quantitative estimate of drug-likeness (QED) is 0.638. The fourth-order valence-electron chi connectivity index (χ4n) is 2.58. The Morgan fingerprint density at radius 3 is 2.70 bits per heavy atom. The molecule has 7 heteroatoms. The van der Waals surface area contributed by atoms with Crippen LogP contribution in [0.4, 0.5) is 0 Å². The van der Waals surface area contributed by atoms with Crippen LogP contribution in [0.3, 0.4) is 0 Å². The van der Waals surface area contributed by atoms with Crippen LogP contribution in [0.2, 0.25) is 0 Å². The lowest BCUT2D eigenvalue weighted by Crippen LogP contribution is -2.61. The number of aliphatic hydroxyl groups is 1. The predicted molar refractivity (Wildman–Crippen MR) is 75.5 cm³/mol. The van der Waals surface area contributed by atoms with Gasteiger partial charge in [0.05, 0.1) is 18.1 Å². The molecule has 1 amide bonds. The highest BCUT2D eigenvalue weighted by Gasteiger charge is 2.56. The molecule has 20 heavy (non-hydrogen) atoms. The number of β-lactam (4-membered cyclic amide) rings is 1. The number of carbonyl (C=O) groups excluding carboxylic acids is 1.